The van der Waals surface area contributed by atoms with Crippen molar-refractivity contribution in [2.45, 2.75) is 27.7 Å². The number of hydrogen-bond donors (Lipinski definition) is 0. The Bertz CT molecular complexity index is 3960. The number of hydrogen-bond acceptors (Lipinski definition) is 11. The monoisotopic (exact) mass is 1000 g/mol. The van der Waals surface area contributed by atoms with Crippen molar-refractivity contribution in [3.05, 3.63) is 192 Å². The van der Waals surface area contributed by atoms with Crippen LogP contribution in [-0.2, 0) is 21.0 Å². The van der Waals surface area contributed by atoms with Crippen molar-refractivity contribution in [1.82, 2.24) is 39.9 Å². The van der Waals surface area contributed by atoms with Gasteiger partial charge in [-0.2, -0.15) is 0 Å². The molecule has 0 fully saturated rings. The van der Waals surface area contributed by atoms with Crippen molar-refractivity contribution in [2.75, 3.05) is 0 Å². The molecule has 0 atom stereocenters. The molecule has 2 aliphatic heterocycles. The third-order valence-electron chi connectivity index (χ3n) is 12.9. The molecule has 0 aliphatic carbocycles. The molecule has 0 spiro atoms. The molecular weight excluding hydrogens is 964 g/mol. The average molecular weight is 1000 g/mol. The van der Waals surface area contributed by atoms with Crippen LogP contribution < -0.4 is 28.9 Å². The first-order chi connectivity index (χ1) is 36.3. The summed E-state index contributed by atoms with van der Waals surface area (Å²) in [4.78, 5) is 42.1. The number of fused-ring (bicyclic) bond motifs is 20. The van der Waals surface area contributed by atoms with Crippen LogP contribution in [0.5, 0.6) is 46.0 Å². The van der Waals surface area contributed by atoms with Gasteiger partial charge in [0.1, 0.15) is 46.0 Å². The molecule has 355 valence electrons. The number of ether oxygens (including phenoxy) is 4. The van der Waals surface area contributed by atoms with Gasteiger partial charge in [0.2, 0.25) is 0 Å². The second-order valence-electron chi connectivity index (χ2n) is 17.7. The normalized spacial score (nSPS) is 11.4. The number of rotatable bonds is 8. The molecule has 0 radical (unpaired) electrons. The van der Waals surface area contributed by atoms with Crippen molar-refractivity contribution in [3.8, 4) is 91.5 Å². The van der Waals surface area contributed by atoms with Crippen molar-refractivity contribution < 1.29 is 40.0 Å². The van der Waals surface area contributed by atoms with E-state index < -0.39 is 0 Å². The predicted octanol–water partition coefficient (Wildman–Crippen LogP) is 14.4. The van der Waals surface area contributed by atoms with Crippen LogP contribution in [-0.4, -0.2) is 29.9 Å². The van der Waals surface area contributed by atoms with E-state index in [1.807, 2.05) is 198 Å². The van der Waals surface area contributed by atoms with Gasteiger partial charge in [-0.05, 0) is 109 Å². The molecule has 8 aromatic carbocycles. The van der Waals surface area contributed by atoms with Crippen molar-refractivity contribution in [2.24, 2.45) is 0 Å². The fourth-order valence-electron chi connectivity index (χ4n) is 9.22. The second kappa shape index (κ2) is 19.0. The van der Waals surface area contributed by atoms with Crippen molar-refractivity contribution in [3.63, 3.8) is 0 Å². The third kappa shape index (κ3) is 8.19. The van der Waals surface area contributed by atoms with Gasteiger partial charge < -0.3 is 48.9 Å². The number of aromatic nitrogens is 8. The average Bonchev–Trinajstić information content (AvgIpc) is 4.16. The Morgan fingerprint density at radius 1 is 0.311 bits per heavy atom. The first-order valence-electron chi connectivity index (χ1n) is 23.7. The minimum absolute atomic E-state index is 0.338. The van der Waals surface area contributed by atoms with Gasteiger partial charge in [0, 0.05) is 44.5 Å². The molecule has 14 heteroatoms. The Hall–Kier alpha value is -9.30. The summed E-state index contributed by atoms with van der Waals surface area (Å²) in [6, 6.07) is 54.7. The Morgan fingerprint density at radius 2 is 0.608 bits per heavy atom. The Kier molecular flexibility index (Phi) is 11.8. The van der Waals surface area contributed by atoms with Crippen LogP contribution in [0.25, 0.3) is 89.7 Å². The van der Waals surface area contributed by atoms with E-state index in [-0.39, 0.29) is 0 Å². The van der Waals surface area contributed by atoms with Gasteiger partial charge in [-0.3, -0.25) is 0 Å². The molecule has 11 aromatic rings. The van der Waals surface area contributed by atoms with Gasteiger partial charge >= 0.3 is 21.0 Å². The summed E-state index contributed by atoms with van der Waals surface area (Å²) in [5.41, 5.74) is 7.91. The van der Waals surface area contributed by atoms with E-state index in [1.54, 1.807) is 0 Å². The maximum atomic E-state index is 8.19. The zero-order chi connectivity index (χ0) is 50.5. The molecule has 2 aliphatic rings. The maximum absolute atomic E-state index is 8.19. The van der Waals surface area contributed by atoms with E-state index >= 15 is 0 Å². The van der Waals surface area contributed by atoms with E-state index in [2.05, 4.69) is 0 Å². The van der Waals surface area contributed by atoms with Crippen LogP contribution in [0.2, 0.25) is 0 Å². The second-order valence-corrected chi connectivity index (χ2v) is 17.7. The zero-order valence-corrected chi connectivity index (χ0v) is 41.6. The summed E-state index contributed by atoms with van der Waals surface area (Å²) in [5, 5.41) is 2.65. The summed E-state index contributed by atoms with van der Waals surface area (Å²) in [5.74, 6) is 6.34. The van der Waals surface area contributed by atoms with E-state index in [9.17, 15) is 0 Å². The summed E-state index contributed by atoms with van der Waals surface area (Å²) < 4.78 is 35.1. The van der Waals surface area contributed by atoms with Gasteiger partial charge in [0.05, 0.1) is 34.4 Å². The van der Waals surface area contributed by atoms with Crippen LogP contribution >= 0.6 is 0 Å². The van der Waals surface area contributed by atoms with E-state index in [1.165, 1.54) is 0 Å². The first kappa shape index (κ1) is 45.8. The molecule has 3 aromatic heterocycles. The number of benzene rings is 8. The SMILES string of the molecule is Cc1ccccc1Oc1cccc2c1-c1nc-2nc2[n-]c(nc3nc(nc4[n-]c(n1)c1cccc(Oc5ccccc5C)c41)-c1cccc(Oc4ccccc4C)c1-3)c1cccc(Oc3ccccc3C)c21.[O]=[V+2]. The van der Waals surface area contributed by atoms with Crippen LogP contribution in [0.1, 0.15) is 22.3 Å². The van der Waals surface area contributed by atoms with E-state index in [0.29, 0.717) is 136 Å². The number of nitrogens with zero attached hydrogens (tertiary/aromatic N) is 8. The Morgan fingerprint density at radius 3 is 0.973 bits per heavy atom. The molecule has 74 heavy (non-hydrogen) atoms. The standard InChI is InChI=1S/C60H40N8O4.O.V/c1-33-17-5-9-25-41(33)69-45-29-13-21-37-49(45)57-61-53(37)66-58-51-39(23-15-31-47(51)71-43-27-11-7-19-35(43)3)55(63-58)68-60-52-40(24-16-32-48(52)72-44-28-12-8-20-36(44)4)56(64-60)67-59-50-38(54(62-59)65-57)22-14-30-46(50)70-42-26-10-6-18-34(42)2;;/h5-32H,1-4H3;;/q-2;;+2. The quantitative estimate of drug-likeness (QED) is 0.142. The topological polar surface area (TPSA) is 160 Å². The summed E-state index contributed by atoms with van der Waals surface area (Å²) in [7, 11) is 0. The van der Waals surface area contributed by atoms with Crippen LogP contribution in [0.4, 0.5) is 0 Å². The molecule has 13 nitrogen and oxygen atoms in total. The molecular formula is C60H40N8O5V. The molecule has 5 heterocycles. The molecule has 0 N–H and O–H groups in total. The fraction of sp³-hybridized carbons (Fsp3) is 0.0667. The first-order valence-corrected chi connectivity index (χ1v) is 24.2. The van der Waals surface area contributed by atoms with Gasteiger partial charge in [0.15, 0.2) is 0 Å². The minimum atomic E-state index is 0.338. The van der Waals surface area contributed by atoms with E-state index in [0.717, 1.165) is 39.6 Å². The van der Waals surface area contributed by atoms with Gasteiger partial charge in [-0.1, -0.05) is 121 Å². The number of aryl methyl sites for hydroxylation is 4. The van der Waals surface area contributed by atoms with Gasteiger partial charge in [0.25, 0.3) is 0 Å². The molecule has 0 amide bonds. The molecule has 0 unspecified atom stereocenters. The number of para-hydroxylation sites is 4. The summed E-state index contributed by atoms with van der Waals surface area (Å²) >= 11 is 1.06. The molecule has 8 bridgehead atoms. The molecule has 0 saturated heterocycles. The third-order valence-corrected chi connectivity index (χ3v) is 12.9. The van der Waals surface area contributed by atoms with Crippen LogP contribution in [0, 0.1) is 27.7 Å². The van der Waals surface area contributed by atoms with Gasteiger partial charge in [-0.25, -0.2) is 9.97 Å². The Labute approximate surface area is 433 Å². The van der Waals surface area contributed by atoms with Crippen molar-refractivity contribution >= 4 is 44.1 Å². The van der Waals surface area contributed by atoms with E-state index in [4.69, 9.17) is 62.5 Å². The zero-order valence-electron chi connectivity index (χ0n) is 40.2. The van der Waals surface area contributed by atoms with Gasteiger partial charge in [-0.15, -0.1) is 0 Å². The molecule has 13 rings (SSSR count). The fourth-order valence-corrected chi connectivity index (χ4v) is 9.22. The molecule has 0 saturated carbocycles. The van der Waals surface area contributed by atoms with Crippen LogP contribution in [0.15, 0.2) is 170 Å². The summed E-state index contributed by atoms with van der Waals surface area (Å²) in [6.07, 6.45) is 0. The Balaban J connectivity index is 0.00000275. The van der Waals surface area contributed by atoms with Crippen molar-refractivity contribution in [1.29, 1.82) is 0 Å². The van der Waals surface area contributed by atoms with Crippen LogP contribution in [0.3, 0.4) is 0 Å². The summed E-state index contributed by atoms with van der Waals surface area (Å²) in [6.45, 7) is 8.04. The predicted molar refractivity (Wildman–Crippen MR) is 280 cm³/mol.